The van der Waals surface area contributed by atoms with Gasteiger partial charge in [-0.25, -0.2) is 0 Å². The van der Waals surface area contributed by atoms with Gasteiger partial charge in [-0.1, -0.05) is 119 Å². The molecule has 2 saturated carbocycles. The van der Waals surface area contributed by atoms with E-state index in [4.69, 9.17) is 71.6 Å². The summed E-state index contributed by atoms with van der Waals surface area (Å²) in [6.07, 6.45) is 18.7. The molecular formula is C52H96N10O4. The van der Waals surface area contributed by atoms with Gasteiger partial charge in [-0.2, -0.15) is 0 Å². The van der Waals surface area contributed by atoms with E-state index in [2.05, 4.69) is 13.0 Å². The number of carbonyl (C=O) groups is 1. The fourth-order valence-electron chi connectivity index (χ4n) is 5.88. The van der Waals surface area contributed by atoms with Crippen molar-refractivity contribution in [2.24, 2.45) is 63.3 Å². The fourth-order valence-corrected chi connectivity index (χ4v) is 5.88. The topological polar surface area (TPSA) is 320 Å². The standard InChI is InChI=1S/C9H13NO.C8H11N.C7H15N.C7H9N.C5H7NO.C5H11N.C5H13N.C3H10N2.C3H7NO2/c1-7-3-8(6-10)5-9(4-7)11-2;1-7(9)8-5-3-2-4-6-8;2*8-6-7-4-2-1-3-5-7;6-4-5-2-1-3-7-5;6-5-3-1-2-4-5;1-2-3-4-5-6;4-2-1-3-5;4-2-1-3(5)6/h3-5H,6,10H2,1-2H3;2-7H,9H2,1H3;7H,1-6,8H2;1-5H,6,8H2;1-3H,4,6H2;5H,1-4,6H2;2-6H2,1H3;1-5H2;1-2,4H2,(H,5,6)/t;7-;;;;;;;/m.0......./s1. The molecule has 1 atom stereocenters. The Labute approximate surface area is 400 Å². The lowest BCUT2D eigenvalue weighted by Crippen LogP contribution is -2.16. The number of benzene rings is 3. The van der Waals surface area contributed by atoms with Gasteiger partial charge in [-0.3, -0.25) is 4.79 Å². The summed E-state index contributed by atoms with van der Waals surface area (Å²) in [4.78, 5) is 9.52. The van der Waals surface area contributed by atoms with E-state index < -0.39 is 5.97 Å². The van der Waals surface area contributed by atoms with Gasteiger partial charge in [0.05, 0.1) is 26.3 Å². The molecular weight excluding hydrogens is 829 g/mol. The lowest BCUT2D eigenvalue weighted by molar-refractivity contribution is -0.136. The van der Waals surface area contributed by atoms with Crippen molar-refractivity contribution in [3.05, 3.63) is 125 Å². The van der Waals surface area contributed by atoms with Crippen molar-refractivity contribution in [2.75, 3.05) is 39.8 Å². The SMILES string of the molecule is CCCCCN.COc1cc(C)cc(CN)c1.C[C@H](N)c1ccccc1.NC1CCCC1.NCC1CCCCC1.NCCC(=O)O.NCCCN.NCc1ccccc1.NCc1ccco1. The van der Waals surface area contributed by atoms with Crippen LogP contribution in [0.15, 0.2) is 102 Å². The van der Waals surface area contributed by atoms with Crippen molar-refractivity contribution in [2.45, 2.75) is 142 Å². The van der Waals surface area contributed by atoms with Gasteiger partial charge in [-0.15, -0.1) is 0 Å². The number of rotatable bonds is 13. The summed E-state index contributed by atoms with van der Waals surface area (Å²) in [5.74, 6) is 1.74. The molecule has 0 radical (unpaired) electrons. The number of unbranched alkanes of at least 4 members (excludes halogenated alkanes) is 2. The maximum absolute atomic E-state index is 9.52. The molecule has 4 aromatic rings. The molecule has 1 heterocycles. The van der Waals surface area contributed by atoms with Crippen LogP contribution in [-0.4, -0.2) is 57.0 Å². The second-order valence-electron chi connectivity index (χ2n) is 15.9. The summed E-state index contributed by atoms with van der Waals surface area (Å²) in [5.41, 5.74) is 57.5. The molecule has 21 N–H and O–H groups in total. The number of nitrogens with two attached hydrogens (primary N) is 10. The summed E-state index contributed by atoms with van der Waals surface area (Å²) in [6.45, 7) is 11.3. The van der Waals surface area contributed by atoms with Gasteiger partial charge in [-0.05, 0) is 131 Å². The molecule has 66 heavy (non-hydrogen) atoms. The Morgan fingerprint density at radius 3 is 1.50 bits per heavy atom. The fraction of sp³-hybridized carbons (Fsp3) is 0.558. The number of aryl methyl sites for hydroxylation is 1. The lowest BCUT2D eigenvalue weighted by atomic mass is 9.90. The molecule has 0 saturated heterocycles. The van der Waals surface area contributed by atoms with Crippen molar-refractivity contribution >= 4 is 5.97 Å². The van der Waals surface area contributed by atoms with E-state index in [0.29, 0.717) is 25.7 Å². The third-order valence-corrected chi connectivity index (χ3v) is 9.80. The molecule has 3 aromatic carbocycles. The Kier molecular flexibility index (Phi) is 50.3. The van der Waals surface area contributed by atoms with Gasteiger partial charge in [0.2, 0.25) is 0 Å². The zero-order chi connectivity index (χ0) is 50.1. The average Bonchev–Trinajstić information content (AvgIpc) is 4.08. The van der Waals surface area contributed by atoms with Crippen LogP contribution in [-0.2, 0) is 24.4 Å². The van der Waals surface area contributed by atoms with Gasteiger partial charge < -0.3 is 71.6 Å². The molecule has 2 aliphatic rings. The van der Waals surface area contributed by atoms with Crippen molar-refractivity contribution in [3.63, 3.8) is 0 Å². The number of ether oxygens (including phenoxy) is 1. The summed E-state index contributed by atoms with van der Waals surface area (Å²) >= 11 is 0. The number of furan rings is 1. The highest BCUT2D eigenvalue weighted by Crippen LogP contribution is 2.22. The summed E-state index contributed by atoms with van der Waals surface area (Å²) in [7, 11) is 1.66. The number of carboxylic acids is 1. The monoisotopic (exact) mass is 925 g/mol. The maximum atomic E-state index is 9.52. The lowest BCUT2D eigenvalue weighted by Gasteiger charge is -2.18. The first-order valence-corrected chi connectivity index (χ1v) is 23.9. The van der Waals surface area contributed by atoms with E-state index in [-0.39, 0.29) is 19.0 Å². The Bertz CT molecular complexity index is 1510. The Morgan fingerprint density at radius 1 is 0.682 bits per heavy atom. The van der Waals surface area contributed by atoms with Crippen molar-refractivity contribution in [1.29, 1.82) is 0 Å². The summed E-state index contributed by atoms with van der Waals surface area (Å²) in [5, 5.41) is 7.83. The predicted octanol–water partition coefficient (Wildman–Crippen LogP) is 7.31. The van der Waals surface area contributed by atoms with Crippen molar-refractivity contribution in [1.82, 2.24) is 0 Å². The van der Waals surface area contributed by atoms with E-state index in [0.717, 1.165) is 55.6 Å². The number of hydrogen-bond acceptors (Lipinski definition) is 13. The summed E-state index contributed by atoms with van der Waals surface area (Å²) < 4.78 is 9.94. The Hall–Kier alpha value is -4.19. The molecule has 0 spiro atoms. The predicted molar refractivity (Wildman–Crippen MR) is 280 cm³/mol. The largest absolute Gasteiger partial charge is 0.497 e. The molecule has 14 nitrogen and oxygen atoms in total. The van der Waals surface area contributed by atoms with Gasteiger partial charge in [0.15, 0.2) is 0 Å². The normalized spacial score (nSPS) is 12.9. The van der Waals surface area contributed by atoms with Crippen LogP contribution in [0.1, 0.15) is 138 Å². The second-order valence-corrected chi connectivity index (χ2v) is 15.9. The minimum absolute atomic E-state index is 0.0694. The number of methoxy groups -OCH3 is 1. The van der Waals surface area contributed by atoms with Crippen LogP contribution in [0, 0.1) is 12.8 Å². The molecule has 0 aliphatic heterocycles. The Balaban J connectivity index is -0.000000683. The van der Waals surface area contributed by atoms with Crippen LogP contribution in [0.4, 0.5) is 0 Å². The first-order chi connectivity index (χ1) is 31.8. The zero-order valence-corrected chi connectivity index (χ0v) is 41.5. The average molecular weight is 925 g/mol. The van der Waals surface area contributed by atoms with Crippen LogP contribution in [0.5, 0.6) is 5.75 Å². The number of carboxylic acid groups (broad SMARTS) is 1. The van der Waals surface area contributed by atoms with Gasteiger partial charge in [0.25, 0.3) is 0 Å². The molecule has 2 fully saturated rings. The second kappa shape index (κ2) is 50.2. The molecule has 0 bridgehead atoms. The van der Waals surface area contributed by atoms with Crippen LogP contribution in [0.2, 0.25) is 0 Å². The third-order valence-electron chi connectivity index (χ3n) is 9.80. The minimum atomic E-state index is -0.836. The molecule has 6 rings (SSSR count). The minimum Gasteiger partial charge on any atom is -0.497 e. The first-order valence-electron chi connectivity index (χ1n) is 23.9. The number of aliphatic carboxylic acids is 1. The first kappa shape index (κ1) is 66.1. The van der Waals surface area contributed by atoms with Crippen LogP contribution in [0.25, 0.3) is 0 Å². The maximum Gasteiger partial charge on any atom is 0.304 e. The smallest absolute Gasteiger partial charge is 0.304 e. The highest BCUT2D eigenvalue weighted by Gasteiger charge is 2.10. The molecule has 378 valence electrons. The quantitative estimate of drug-likeness (QED) is 0.0586. The van der Waals surface area contributed by atoms with E-state index >= 15 is 0 Å². The Morgan fingerprint density at radius 2 is 1.23 bits per heavy atom. The van der Waals surface area contributed by atoms with E-state index in [9.17, 15) is 4.79 Å². The molecule has 14 heteroatoms. The highest BCUT2D eigenvalue weighted by molar-refractivity contribution is 5.66. The van der Waals surface area contributed by atoms with E-state index in [1.54, 1.807) is 13.4 Å². The van der Waals surface area contributed by atoms with Crippen LogP contribution in [0.3, 0.4) is 0 Å². The highest BCUT2D eigenvalue weighted by atomic mass is 16.5. The van der Waals surface area contributed by atoms with E-state index in [1.165, 1.54) is 93.7 Å². The van der Waals surface area contributed by atoms with Gasteiger partial charge in [0, 0.05) is 31.7 Å². The van der Waals surface area contributed by atoms with Crippen LogP contribution < -0.4 is 62.1 Å². The molecule has 2 aliphatic carbocycles. The molecule has 1 aromatic heterocycles. The van der Waals surface area contributed by atoms with Gasteiger partial charge in [0.1, 0.15) is 11.5 Å². The van der Waals surface area contributed by atoms with Gasteiger partial charge >= 0.3 is 5.97 Å². The van der Waals surface area contributed by atoms with Crippen molar-refractivity contribution < 1.29 is 19.1 Å². The van der Waals surface area contributed by atoms with Crippen molar-refractivity contribution in [3.8, 4) is 5.75 Å². The number of hydrogen-bond donors (Lipinski definition) is 11. The van der Waals surface area contributed by atoms with E-state index in [1.807, 2.05) is 98.8 Å². The van der Waals surface area contributed by atoms with Crippen LogP contribution >= 0.6 is 0 Å². The molecule has 0 amide bonds. The third kappa shape index (κ3) is 45.0. The molecule has 0 unspecified atom stereocenters. The summed E-state index contributed by atoms with van der Waals surface area (Å²) in [6, 6.07) is 30.4. The zero-order valence-electron chi connectivity index (χ0n) is 41.5.